The van der Waals surface area contributed by atoms with Crippen LogP contribution >= 0.6 is 0 Å². The van der Waals surface area contributed by atoms with Gasteiger partial charge in [0.2, 0.25) is 0 Å². The van der Waals surface area contributed by atoms with Crippen molar-refractivity contribution in [2.45, 2.75) is 277 Å². The highest BCUT2D eigenvalue weighted by atomic mass is 16.6. The largest absolute Gasteiger partial charge is 0.462 e. The molecule has 1 atom stereocenters. The molecule has 72 heavy (non-hydrogen) atoms. The van der Waals surface area contributed by atoms with Crippen molar-refractivity contribution in [3.63, 3.8) is 0 Å². The highest BCUT2D eigenvalue weighted by molar-refractivity contribution is 5.71. The molecule has 6 heteroatoms. The van der Waals surface area contributed by atoms with Gasteiger partial charge in [0, 0.05) is 19.3 Å². The predicted molar refractivity (Wildman–Crippen MR) is 311 cm³/mol. The summed E-state index contributed by atoms with van der Waals surface area (Å²) >= 11 is 0. The van der Waals surface area contributed by atoms with Gasteiger partial charge in [-0.3, -0.25) is 14.4 Å². The minimum Gasteiger partial charge on any atom is -0.462 e. The van der Waals surface area contributed by atoms with Crippen LogP contribution in [0, 0.1) is 0 Å². The van der Waals surface area contributed by atoms with Crippen LogP contribution in [0.4, 0.5) is 0 Å². The van der Waals surface area contributed by atoms with Crippen molar-refractivity contribution >= 4 is 17.9 Å². The third-order valence-electron chi connectivity index (χ3n) is 12.5. The Hall–Kier alpha value is -3.93. The predicted octanol–water partition coefficient (Wildman–Crippen LogP) is 20.3. The van der Waals surface area contributed by atoms with E-state index in [1.165, 1.54) is 96.3 Å². The van der Waals surface area contributed by atoms with Crippen LogP contribution < -0.4 is 0 Å². The van der Waals surface area contributed by atoms with E-state index in [0.29, 0.717) is 19.3 Å². The van der Waals surface area contributed by atoms with Crippen molar-refractivity contribution < 1.29 is 28.6 Å². The molecule has 0 amide bonds. The second-order valence-corrected chi connectivity index (χ2v) is 19.5. The van der Waals surface area contributed by atoms with Gasteiger partial charge in [-0.25, -0.2) is 0 Å². The van der Waals surface area contributed by atoms with Gasteiger partial charge in [0.1, 0.15) is 13.2 Å². The van der Waals surface area contributed by atoms with E-state index in [-0.39, 0.29) is 31.1 Å². The number of allylic oxidation sites excluding steroid dienone is 18. The van der Waals surface area contributed by atoms with Crippen LogP contribution in [0.25, 0.3) is 0 Å². The Balaban J connectivity index is 4.38. The topological polar surface area (TPSA) is 78.9 Å². The monoisotopic (exact) mass is 999 g/mol. The second-order valence-electron chi connectivity index (χ2n) is 19.5. The van der Waals surface area contributed by atoms with Crippen LogP contribution in [0.5, 0.6) is 0 Å². The van der Waals surface area contributed by atoms with E-state index in [9.17, 15) is 14.4 Å². The summed E-state index contributed by atoms with van der Waals surface area (Å²) in [5.41, 5.74) is 0. The third-order valence-corrected chi connectivity index (χ3v) is 12.5. The van der Waals surface area contributed by atoms with E-state index in [1.807, 2.05) is 0 Å². The summed E-state index contributed by atoms with van der Waals surface area (Å²) in [6, 6.07) is 0. The number of carbonyl (C=O) groups excluding carboxylic acids is 3. The first kappa shape index (κ1) is 68.1. The number of rotatable bonds is 53. The Morgan fingerprint density at radius 1 is 0.292 bits per heavy atom. The third kappa shape index (κ3) is 57.0. The zero-order valence-corrected chi connectivity index (χ0v) is 46.9. The maximum atomic E-state index is 12.9. The molecular weight excluding hydrogens is 889 g/mol. The molecule has 0 fully saturated rings. The zero-order valence-electron chi connectivity index (χ0n) is 46.9. The van der Waals surface area contributed by atoms with Gasteiger partial charge in [0.15, 0.2) is 6.10 Å². The Morgan fingerprint density at radius 2 is 0.542 bits per heavy atom. The number of hydrogen-bond donors (Lipinski definition) is 0. The Labute approximate surface area is 444 Å². The van der Waals surface area contributed by atoms with Gasteiger partial charge in [-0.1, -0.05) is 259 Å². The number of esters is 3. The van der Waals surface area contributed by atoms with E-state index in [0.717, 1.165) is 135 Å². The maximum absolute atomic E-state index is 12.9. The van der Waals surface area contributed by atoms with Crippen LogP contribution in [0.2, 0.25) is 0 Å². The van der Waals surface area contributed by atoms with Crippen molar-refractivity contribution in [2.24, 2.45) is 0 Å². The van der Waals surface area contributed by atoms with Crippen molar-refractivity contribution in [3.8, 4) is 0 Å². The Bertz CT molecular complexity index is 1470. The number of hydrogen-bond acceptors (Lipinski definition) is 6. The lowest BCUT2D eigenvalue weighted by molar-refractivity contribution is -0.167. The van der Waals surface area contributed by atoms with E-state index < -0.39 is 6.10 Å². The lowest BCUT2D eigenvalue weighted by Crippen LogP contribution is -2.30. The first-order valence-corrected chi connectivity index (χ1v) is 29.9. The molecule has 0 saturated carbocycles. The molecule has 0 bridgehead atoms. The van der Waals surface area contributed by atoms with Gasteiger partial charge < -0.3 is 14.2 Å². The van der Waals surface area contributed by atoms with Crippen LogP contribution in [0.15, 0.2) is 109 Å². The molecule has 0 spiro atoms. The van der Waals surface area contributed by atoms with Gasteiger partial charge in [0.05, 0.1) is 0 Å². The van der Waals surface area contributed by atoms with Crippen LogP contribution in [-0.2, 0) is 28.6 Å². The number of carbonyl (C=O) groups is 3. The van der Waals surface area contributed by atoms with Crippen molar-refractivity contribution in [1.29, 1.82) is 0 Å². The fourth-order valence-corrected chi connectivity index (χ4v) is 8.11. The van der Waals surface area contributed by atoms with Gasteiger partial charge in [0.25, 0.3) is 0 Å². The van der Waals surface area contributed by atoms with Crippen LogP contribution in [0.1, 0.15) is 271 Å². The summed E-state index contributed by atoms with van der Waals surface area (Å²) in [5.74, 6) is -0.933. The zero-order chi connectivity index (χ0) is 52.2. The summed E-state index contributed by atoms with van der Waals surface area (Å²) in [6.07, 6.45) is 80.8. The van der Waals surface area contributed by atoms with E-state index >= 15 is 0 Å². The molecule has 0 aliphatic heterocycles. The molecule has 0 aromatic rings. The average Bonchev–Trinajstić information content (AvgIpc) is 3.38. The van der Waals surface area contributed by atoms with E-state index in [2.05, 4.69) is 130 Å². The van der Waals surface area contributed by atoms with E-state index in [4.69, 9.17) is 14.2 Å². The molecule has 0 aromatic carbocycles. The van der Waals surface area contributed by atoms with Gasteiger partial charge in [-0.2, -0.15) is 0 Å². The first-order valence-electron chi connectivity index (χ1n) is 29.9. The molecular formula is C66H110O6. The minimum absolute atomic E-state index is 0.0949. The molecule has 0 aliphatic carbocycles. The number of unbranched alkanes of at least 4 members (excludes halogenated alkanes) is 24. The van der Waals surface area contributed by atoms with Crippen molar-refractivity contribution in [2.75, 3.05) is 13.2 Å². The molecule has 0 heterocycles. The lowest BCUT2D eigenvalue weighted by atomic mass is 10.0. The van der Waals surface area contributed by atoms with Crippen LogP contribution in [-0.4, -0.2) is 37.2 Å². The van der Waals surface area contributed by atoms with Crippen molar-refractivity contribution in [3.05, 3.63) is 109 Å². The summed E-state index contributed by atoms with van der Waals surface area (Å²) in [7, 11) is 0. The Kier molecular flexibility index (Phi) is 56.4. The SMILES string of the molecule is CC/C=C\C/C=C\C/C=C\C/C=C\C/C=C\C/C=C\CCCCCCCCC(=O)OCC(COC(=O)CCCCC/C=C\C/C=C\C/C=C\CC)OC(=O)CCCCCCCCCCCCCCCCCC. The van der Waals surface area contributed by atoms with Gasteiger partial charge >= 0.3 is 17.9 Å². The number of ether oxygens (including phenoxy) is 3. The standard InChI is InChI=1S/C66H110O6/c1-4-7-10-13-16-19-22-25-27-29-30-31-32-33-34-35-36-37-39-41-44-47-50-53-56-59-65(68)71-62-63(61-70-64(67)58-55-52-49-46-43-40-24-21-18-15-12-9-6-3)72-66(69)60-57-54-51-48-45-42-38-28-26-23-20-17-14-11-8-5-2/h7,9-10,12,16,18-19,21,25,27,30-31,33-34,36-37,40,43,63H,4-6,8,11,13-15,17,20,22-24,26,28-29,32,35,38-39,41-42,44-62H2,1-3H3/b10-7-,12-9-,19-16-,21-18-,27-25-,31-30-,34-33-,37-36-,43-40-. The molecule has 0 rings (SSSR count). The fourth-order valence-electron chi connectivity index (χ4n) is 8.11. The molecule has 0 radical (unpaired) electrons. The van der Waals surface area contributed by atoms with Gasteiger partial charge in [-0.15, -0.1) is 0 Å². The van der Waals surface area contributed by atoms with Crippen molar-refractivity contribution in [1.82, 2.24) is 0 Å². The summed E-state index contributed by atoms with van der Waals surface area (Å²) in [5, 5.41) is 0. The maximum Gasteiger partial charge on any atom is 0.306 e. The quantitative estimate of drug-likeness (QED) is 0.0261. The second kappa shape index (κ2) is 59.6. The summed E-state index contributed by atoms with van der Waals surface area (Å²) in [6.45, 7) is 6.39. The molecule has 0 saturated heterocycles. The summed E-state index contributed by atoms with van der Waals surface area (Å²) in [4.78, 5) is 38.2. The lowest BCUT2D eigenvalue weighted by Gasteiger charge is -2.18. The summed E-state index contributed by atoms with van der Waals surface area (Å²) < 4.78 is 16.8. The van der Waals surface area contributed by atoms with E-state index in [1.54, 1.807) is 0 Å². The molecule has 0 aliphatic rings. The normalized spacial score (nSPS) is 12.9. The molecule has 6 nitrogen and oxygen atoms in total. The molecule has 1 unspecified atom stereocenters. The first-order chi connectivity index (χ1) is 35.5. The van der Waals surface area contributed by atoms with Gasteiger partial charge in [-0.05, 0) is 103 Å². The van der Waals surface area contributed by atoms with Crippen LogP contribution in [0.3, 0.4) is 0 Å². The Morgan fingerprint density at radius 3 is 0.861 bits per heavy atom. The minimum atomic E-state index is -0.797. The smallest absolute Gasteiger partial charge is 0.306 e. The highest BCUT2D eigenvalue weighted by Crippen LogP contribution is 2.16. The molecule has 410 valence electrons. The fraction of sp³-hybridized carbons (Fsp3) is 0.682. The highest BCUT2D eigenvalue weighted by Gasteiger charge is 2.19. The molecule has 0 aromatic heterocycles. The molecule has 0 N–H and O–H groups in total. The average molecular weight is 1000 g/mol.